The summed E-state index contributed by atoms with van der Waals surface area (Å²) in [5.74, 6) is 2.44. The van der Waals surface area contributed by atoms with Crippen LogP contribution in [-0.4, -0.2) is 25.1 Å². The van der Waals surface area contributed by atoms with E-state index in [4.69, 9.17) is 9.47 Å². The molecule has 1 aromatic carbocycles. The van der Waals surface area contributed by atoms with E-state index in [2.05, 4.69) is 5.32 Å². The Kier molecular flexibility index (Phi) is 4.87. The SMILES string of the molecule is COc1ccc(CNC(=O)C(C)OC(=O)C23CC4CC(CC(C4)C2)C3)cc1. The molecular formula is C22H29NO4. The molecule has 0 saturated heterocycles. The molecular weight excluding hydrogens is 342 g/mol. The summed E-state index contributed by atoms with van der Waals surface area (Å²) in [6, 6.07) is 7.53. The second-order valence-electron chi connectivity index (χ2n) is 8.81. The standard InChI is InChI=1S/C22H29NO4/c1-14(20(24)23-13-15-3-5-19(26-2)6-4-15)27-21(25)22-10-16-7-17(11-22)9-18(8-16)12-22/h3-6,14,16-18H,7-13H2,1-2H3,(H,23,24). The largest absolute Gasteiger partial charge is 0.497 e. The maximum Gasteiger partial charge on any atom is 0.312 e. The number of hydrogen-bond acceptors (Lipinski definition) is 4. The molecule has 0 aliphatic heterocycles. The van der Waals surface area contributed by atoms with Crippen LogP contribution in [0, 0.1) is 23.2 Å². The van der Waals surface area contributed by atoms with Crippen LogP contribution in [0.2, 0.25) is 0 Å². The van der Waals surface area contributed by atoms with Crippen molar-refractivity contribution in [3.05, 3.63) is 29.8 Å². The predicted octanol–water partition coefficient (Wildman–Crippen LogP) is 3.46. The van der Waals surface area contributed by atoms with Crippen LogP contribution in [0.4, 0.5) is 0 Å². The van der Waals surface area contributed by atoms with Crippen LogP contribution < -0.4 is 10.1 Å². The molecule has 5 rings (SSSR count). The van der Waals surface area contributed by atoms with Crippen molar-refractivity contribution in [3.8, 4) is 5.75 Å². The highest BCUT2D eigenvalue weighted by atomic mass is 16.5. The molecule has 5 nitrogen and oxygen atoms in total. The van der Waals surface area contributed by atoms with Crippen LogP contribution in [0.3, 0.4) is 0 Å². The van der Waals surface area contributed by atoms with Crippen molar-refractivity contribution < 1.29 is 19.1 Å². The van der Waals surface area contributed by atoms with Gasteiger partial charge in [0, 0.05) is 6.54 Å². The van der Waals surface area contributed by atoms with Crippen molar-refractivity contribution >= 4 is 11.9 Å². The first kappa shape index (κ1) is 18.3. The third-order valence-corrected chi connectivity index (χ3v) is 6.75. The Bertz CT molecular complexity index is 676. The molecule has 5 heteroatoms. The fraction of sp³-hybridized carbons (Fsp3) is 0.636. The number of esters is 1. The van der Waals surface area contributed by atoms with E-state index in [0.717, 1.165) is 30.6 Å². The van der Waals surface area contributed by atoms with Crippen LogP contribution in [0.25, 0.3) is 0 Å². The molecule has 1 unspecified atom stereocenters. The number of hydrogen-bond donors (Lipinski definition) is 1. The Balaban J connectivity index is 1.31. The Labute approximate surface area is 160 Å². The number of methoxy groups -OCH3 is 1. The molecule has 4 aliphatic carbocycles. The summed E-state index contributed by atoms with van der Waals surface area (Å²) in [4.78, 5) is 25.3. The van der Waals surface area contributed by atoms with E-state index in [9.17, 15) is 9.59 Å². The van der Waals surface area contributed by atoms with Gasteiger partial charge in [-0.15, -0.1) is 0 Å². The van der Waals surface area contributed by atoms with Gasteiger partial charge in [-0.05, 0) is 80.9 Å². The molecule has 4 saturated carbocycles. The summed E-state index contributed by atoms with van der Waals surface area (Å²) < 4.78 is 10.8. The molecule has 4 fully saturated rings. The minimum Gasteiger partial charge on any atom is -0.497 e. The maximum absolute atomic E-state index is 12.9. The average Bonchev–Trinajstić information content (AvgIpc) is 2.65. The molecule has 1 atom stereocenters. The Morgan fingerprint density at radius 2 is 1.63 bits per heavy atom. The van der Waals surface area contributed by atoms with Gasteiger partial charge in [-0.2, -0.15) is 0 Å². The van der Waals surface area contributed by atoms with Crippen LogP contribution in [-0.2, 0) is 20.9 Å². The second-order valence-corrected chi connectivity index (χ2v) is 8.81. The summed E-state index contributed by atoms with van der Waals surface area (Å²) in [6.07, 6.45) is 5.96. The smallest absolute Gasteiger partial charge is 0.312 e. The van der Waals surface area contributed by atoms with Crippen molar-refractivity contribution in [2.24, 2.45) is 23.2 Å². The van der Waals surface area contributed by atoms with E-state index >= 15 is 0 Å². The van der Waals surface area contributed by atoms with Gasteiger partial charge in [0.15, 0.2) is 6.10 Å². The molecule has 0 spiro atoms. The minimum absolute atomic E-state index is 0.145. The summed E-state index contributed by atoms with van der Waals surface area (Å²) >= 11 is 0. The molecule has 4 aliphatic rings. The van der Waals surface area contributed by atoms with E-state index in [1.165, 1.54) is 19.3 Å². The van der Waals surface area contributed by atoms with Gasteiger partial charge < -0.3 is 14.8 Å². The fourth-order valence-corrected chi connectivity index (χ4v) is 5.78. The highest BCUT2D eigenvalue weighted by Gasteiger charge is 2.55. The highest BCUT2D eigenvalue weighted by molar-refractivity contribution is 5.85. The molecule has 0 heterocycles. The van der Waals surface area contributed by atoms with Crippen LogP contribution in [0.1, 0.15) is 51.0 Å². The van der Waals surface area contributed by atoms with Gasteiger partial charge in [0.2, 0.25) is 0 Å². The molecule has 1 amide bonds. The maximum atomic E-state index is 12.9. The van der Waals surface area contributed by atoms with Gasteiger partial charge >= 0.3 is 5.97 Å². The van der Waals surface area contributed by atoms with Gasteiger partial charge in [-0.3, -0.25) is 9.59 Å². The van der Waals surface area contributed by atoms with Crippen LogP contribution in [0.5, 0.6) is 5.75 Å². The first-order chi connectivity index (χ1) is 13.0. The lowest BCUT2D eigenvalue weighted by atomic mass is 9.49. The lowest BCUT2D eigenvalue weighted by Crippen LogP contribution is -2.51. The van der Waals surface area contributed by atoms with Crippen LogP contribution in [0.15, 0.2) is 24.3 Å². The lowest BCUT2D eigenvalue weighted by Gasteiger charge is -2.55. The van der Waals surface area contributed by atoms with Gasteiger partial charge in [-0.1, -0.05) is 12.1 Å². The van der Waals surface area contributed by atoms with Gasteiger partial charge in [0.1, 0.15) is 5.75 Å². The quantitative estimate of drug-likeness (QED) is 0.778. The van der Waals surface area contributed by atoms with Gasteiger partial charge in [-0.25, -0.2) is 0 Å². The van der Waals surface area contributed by atoms with E-state index in [1.807, 2.05) is 24.3 Å². The molecule has 0 aromatic heterocycles. The number of benzene rings is 1. The number of carbonyl (C=O) groups excluding carboxylic acids is 2. The highest BCUT2D eigenvalue weighted by Crippen LogP contribution is 2.60. The zero-order valence-electron chi connectivity index (χ0n) is 16.2. The number of nitrogens with one attached hydrogen (secondary N) is 1. The van der Waals surface area contributed by atoms with E-state index < -0.39 is 6.10 Å². The van der Waals surface area contributed by atoms with Crippen molar-refractivity contribution in [2.75, 3.05) is 7.11 Å². The number of ether oxygens (including phenoxy) is 2. The van der Waals surface area contributed by atoms with Crippen LogP contribution >= 0.6 is 0 Å². The molecule has 4 bridgehead atoms. The minimum atomic E-state index is -0.760. The number of amides is 1. The summed E-state index contributed by atoms with van der Waals surface area (Å²) in [6.45, 7) is 2.07. The normalized spacial score (nSPS) is 32.0. The lowest BCUT2D eigenvalue weighted by molar-refractivity contribution is -0.178. The van der Waals surface area contributed by atoms with Crippen molar-refractivity contribution in [1.82, 2.24) is 5.32 Å². The first-order valence-corrected chi connectivity index (χ1v) is 10.1. The number of carbonyl (C=O) groups is 2. The molecule has 146 valence electrons. The zero-order valence-corrected chi connectivity index (χ0v) is 16.2. The Hall–Kier alpha value is -2.04. The second kappa shape index (κ2) is 7.17. The summed E-state index contributed by atoms with van der Waals surface area (Å²) in [5.41, 5.74) is 0.656. The zero-order chi connectivity index (χ0) is 19.0. The van der Waals surface area contributed by atoms with Crippen molar-refractivity contribution in [1.29, 1.82) is 0 Å². The topological polar surface area (TPSA) is 64.6 Å². The van der Waals surface area contributed by atoms with E-state index in [1.54, 1.807) is 14.0 Å². The van der Waals surface area contributed by atoms with Gasteiger partial charge in [0.25, 0.3) is 5.91 Å². The van der Waals surface area contributed by atoms with Crippen molar-refractivity contribution in [3.63, 3.8) is 0 Å². The summed E-state index contributed by atoms with van der Waals surface area (Å²) in [7, 11) is 1.62. The Morgan fingerprint density at radius 1 is 1.07 bits per heavy atom. The first-order valence-electron chi connectivity index (χ1n) is 10.1. The third kappa shape index (κ3) is 3.69. The molecule has 1 N–H and O–H groups in total. The number of rotatable bonds is 6. The predicted molar refractivity (Wildman–Crippen MR) is 101 cm³/mol. The fourth-order valence-electron chi connectivity index (χ4n) is 5.78. The monoisotopic (exact) mass is 371 g/mol. The average molecular weight is 371 g/mol. The third-order valence-electron chi connectivity index (χ3n) is 6.75. The Morgan fingerprint density at radius 3 is 2.15 bits per heavy atom. The van der Waals surface area contributed by atoms with Crippen molar-refractivity contribution in [2.45, 2.75) is 58.1 Å². The molecule has 0 radical (unpaired) electrons. The summed E-state index contributed by atoms with van der Waals surface area (Å²) in [5, 5.41) is 2.86. The van der Waals surface area contributed by atoms with Gasteiger partial charge in [0.05, 0.1) is 12.5 Å². The molecule has 27 heavy (non-hydrogen) atoms. The molecule has 1 aromatic rings. The van der Waals surface area contributed by atoms with E-state index in [-0.39, 0.29) is 17.3 Å². The van der Waals surface area contributed by atoms with E-state index in [0.29, 0.717) is 24.3 Å².